The van der Waals surface area contributed by atoms with Crippen LogP contribution in [0.2, 0.25) is 0 Å². The number of nitrogens with zero attached hydrogens (tertiary/aromatic N) is 1. The van der Waals surface area contributed by atoms with Crippen LogP contribution in [0.25, 0.3) is 11.5 Å². The summed E-state index contributed by atoms with van der Waals surface area (Å²) in [5.41, 5.74) is 2.17. The number of halogens is 1. The smallest absolute Gasteiger partial charge is 0.307 e. The fourth-order valence-electron chi connectivity index (χ4n) is 1.66. The molecule has 94 valence electrons. The van der Waals surface area contributed by atoms with Crippen molar-refractivity contribution in [3.05, 3.63) is 41.3 Å². The lowest BCUT2D eigenvalue weighted by atomic mass is 10.1. The van der Waals surface area contributed by atoms with E-state index in [1.807, 2.05) is 6.07 Å². The molecule has 0 aliphatic carbocycles. The normalized spacial score (nSPS) is 10.6. The summed E-state index contributed by atoms with van der Waals surface area (Å²) in [6, 6.07) is 7.13. The molecule has 1 heterocycles. The fourth-order valence-corrected chi connectivity index (χ4v) is 1.91. The summed E-state index contributed by atoms with van der Waals surface area (Å²) < 4.78 is 5.51. The van der Waals surface area contributed by atoms with E-state index >= 15 is 0 Å². The molecule has 0 saturated heterocycles. The van der Waals surface area contributed by atoms with Crippen molar-refractivity contribution < 1.29 is 14.3 Å². The molecular formula is C13H12ClNO3. The van der Waals surface area contributed by atoms with Gasteiger partial charge in [0.1, 0.15) is 5.76 Å². The van der Waals surface area contributed by atoms with Crippen molar-refractivity contribution >= 4 is 17.6 Å². The summed E-state index contributed by atoms with van der Waals surface area (Å²) in [6.07, 6.45) is -0.0180. The van der Waals surface area contributed by atoms with Gasteiger partial charge in [0.2, 0.25) is 5.89 Å². The van der Waals surface area contributed by atoms with Crippen molar-refractivity contribution in [2.75, 3.05) is 0 Å². The number of benzene rings is 1. The molecule has 1 N–H and O–H groups in total. The number of carbonyl (C=O) groups is 1. The first-order valence-electron chi connectivity index (χ1n) is 5.43. The van der Waals surface area contributed by atoms with Gasteiger partial charge < -0.3 is 9.52 Å². The largest absolute Gasteiger partial charge is 0.481 e. The van der Waals surface area contributed by atoms with Crippen LogP contribution in [0.5, 0.6) is 0 Å². The molecule has 0 atom stereocenters. The maximum atomic E-state index is 10.7. The molecule has 5 heteroatoms. The molecule has 0 spiro atoms. The SMILES string of the molecule is Cc1oc(-c2cccc(CC(=O)O)c2)nc1CCl. The summed E-state index contributed by atoms with van der Waals surface area (Å²) >= 11 is 5.73. The van der Waals surface area contributed by atoms with Crippen molar-refractivity contribution in [2.24, 2.45) is 0 Å². The van der Waals surface area contributed by atoms with Crippen molar-refractivity contribution in [2.45, 2.75) is 19.2 Å². The molecule has 1 aromatic heterocycles. The van der Waals surface area contributed by atoms with Crippen LogP contribution in [0.15, 0.2) is 28.7 Å². The number of hydrogen-bond donors (Lipinski definition) is 1. The number of carboxylic acid groups (broad SMARTS) is 1. The lowest BCUT2D eigenvalue weighted by Crippen LogP contribution is -1.99. The van der Waals surface area contributed by atoms with Crippen LogP contribution in [0.3, 0.4) is 0 Å². The number of alkyl halides is 1. The van der Waals surface area contributed by atoms with E-state index in [1.54, 1.807) is 25.1 Å². The topological polar surface area (TPSA) is 63.3 Å². The first-order valence-corrected chi connectivity index (χ1v) is 5.97. The van der Waals surface area contributed by atoms with E-state index in [4.69, 9.17) is 21.1 Å². The van der Waals surface area contributed by atoms with Gasteiger partial charge in [-0.1, -0.05) is 12.1 Å². The van der Waals surface area contributed by atoms with Gasteiger partial charge in [-0.25, -0.2) is 4.98 Å². The Morgan fingerprint density at radius 1 is 1.50 bits per heavy atom. The molecule has 0 unspecified atom stereocenters. The molecule has 0 amide bonds. The Kier molecular flexibility index (Phi) is 3.67. The van der Waals surface area contributed by atoms with Crippen LogP contribution in [-0.2, 0) is 17.1 Å². The summed E-state index contributed by atoms with van der Waals surface area (Å²) in [5.74, 6) is 0.584. The van der Waals surface area contributed by atoms with Gasteiger partial charge >= 0.3 is 5.97 Å². The molecule has 0 aliphatic heterocycles. The average molecular weight is 266 g/mol. The molecule has 0 radical (unpaired) electrons. The second kappa shape index (κ2) is 5.23. The molecule has 0 bridgehead atoms. The Labute approximate surface area is 109 Å². The Morgan fingerprint density at radius 3 is 2.89 bits per heavy atom. The molecule has 18 heavy (non-hydrogen) atoms. The van der Waals surface area contributed by atoms with Gasteiger partial charge in [0, 0.05) is 5.56 Å². The number of hydrogen-bond acceptors (Lipinski definition) is 3. The van der Waals surface area contributed by atoms with E-state index in [1.165, 1.54) is 0 Å². The second-order valence-corrected chi connectivity index (χ2v) is 4.19. The summed E-state index contributed by atoms with van der Waals surface area (Å²) in [4.78, 5) is 14.9. The third kappa shape index (κ3) is 2.71. The van der Waals surface area contributed by atoms with Gasteiger partial charge in [0.15, 0.2) is 0 Å². The zero-order chi connectivity index (χ0) is 13.1. The van der Waals surface area contributed by atoms with Crippen LogP contribution in [-0.4, -0.2) is 16.1 Å². The number of carboxylic acids is 1. The maximum Gasteiger partial charge on any atom is 0.307 e. The molecule has 2 aromatic rings. The van der Waals surface area contributed by atoms with Crippen LogP contribution < -0.4 is 0 Å². The average Bonchev–Trinajstić information content (AvgIpc) is 2.70. The molecule has 4 nitrogen and oxygen atoms in total. The van der Waals surface area contributed by atoms with Crippen molar-refractivity contribution in [1.82, 2.24) is 4.98 Å². The highest BCUT2D eigenvalue weighted by atomic mass is 35.5. The van der Waals surface area contributed by atoms with E-state index in [-0.39, 0.29) is 6.42 Å². The third-order valence-electron chi connectivity index (χ3n) is 2.55. The van der Waals surface area contributed by atoms with Crippen LogP contribution in [0, 0.1) is 6.92 Å². The van der Waals surface area contributed by atoms with Crippen LogP contribution in [0.1, 0.15) is 17.0 Å². The first kappa shape index (κ1) is 12.6. The quantitative estimate of drug-likeness (QED) is 0.863. The lowest BCUT2D eigenvalue weighted by Gasteiger charge is -1.99. The highest BCUT2D eigenvalue weighted by Gasteiger charge is 2.11. The van der Waals surface area contributed by atoms with E-state index in [0.717, 1.165) is 5.56 Å². The van der Waals surface area contributed by atoms with Crippen LogP contribution >= 0.6 is 11.6 Å². The van der Waals surface area contributed by atoms with Crippen molar-refractivity contribution in [1.29, 1.82) is 0 Å². The Hall–Kier alpha value is -1.81. The predicted octanol–water partition coefficient (Wildman–Crippen LogP) is 3.02. The summed E-state index contributed by atoms with van der Waals surface area (Å²) in [7, 11) is 0. The Balaban J connectivity index is 2.34. The van der Waals surface area contributed by atoms with Gasteiger partial charge in [-0.2, -0.15) is 0 Å². The van der Waals surface area contributed by atoms with Crippen LogP contribution in [0.4, 0.5) is 0 Å². The zero-order valence-corrected chi connectivity index (χ0v) is 10.6. The zero-order valence-electron chi connectivity index (χ0n) is 9.81. The monoisotopic (exact) mass is 265 g/mol. The maximum absolute atomic E-state index is 10.7. The highest BCUT2D eigenvalue weighted by molar-refractivity contribution is 6.16. The van der Waals surface area contributed by atoms with Crippen molar-refractivity contribution in [3.63, 3.8) is 0 Å². The van der Waals surface area contributed by atoms with Gasteiger partial charge in [-0.15, -0.1) is 11.6 Å². The minimum atomic E-state index is -0.864. The Bertz CT molecular complexity index is 577. The predicted molar refractivity (Wildman–Crippen MR) is 67.6 cm³/mol. The highest BCUT2D eigenvalue weighted by Crippen LogP contribution is 2.23. The Morgan fingerprint density at radius 2 is 2.28 bits per heavy atom. The minimum Gasteiger partial charge on any atom is -0.481 e. The lowest BCUT2D eigenvalue weighted by molar-refractivity contribution is -0.136. The number of aryl methyl sites for hydroxylation is 1. The van der Waals surface area contributed by atoms with E-state index in [2.05, 4.69) is 4.98 Å². The number of rotatable bonds is 4. The summed E-state index contributed by atoms with van der Waals surface area (Å²) in [6.45, 7) is 1.80. The number of aliphatic carboxylic acids is 1. The fraction of sp³-hybridized carbons (Fsp3) is 0.231. The molecule has 0 saturated carbocycles. The molecule has 1 aromatic carbocycles. The molecule has 0 fully saturated rings. The minimum absolute atomic E-state index is 0.0180. The van der Waals surface area contributed by atoms with E-state index < -0.39 is 5.97 Å². The van der Waals surface area contributed by atoms with Gasteiger partial charge in [-0.3, -0.25) is 4.79 Å². The molecular weight excluding hydrogens is 254 g/mol. The third-order valence-corrected chi connectivity index (χ3v) is 2.80. The molecule has 0 aliphatic rings. The van der Waals surface area contributed by atoms with E-state index in [9.17, 15) is 4.79 Å². The molecule has 2 rings (SSSR count). The number of aromatic nitrogens is 1. The first-order chi connectivity index (χ1) is 8.60. The van der Waals surface area contributed by atoms with Crippen molar-refractivity contribution in [3.8, 4) is 11.5 Å². The van der Waals surface area contributed by atoms with Gasteiger partial charge in [-0.05, 0) is 24.6 Å². The summed E-state index contributed by atoms with van der Waals surface area (Å²) in [5, 5.41) is 8.76. The second-order valence-electron chi connectivity index (χ2n) is 3.93. The van der Waals surface area contributed by atoms with E-state index in [0.29, 0.717) is 28.8 Å². The van der Waals surface area contributed by atoms with Gasteiger partial charge in [0.05, 0.1) is 18.0 Å². The van der Waals surface area contributed by atoms with Gasteiger partial charge in [0.25, 0.3) is 0 Å². The number of oxazole rings is 1. The standard InChI is InChI=1S/C13H12ClNO3/c1-8-11(7-14)15-13(18-8)10-4-2-3-9(5-10)6-12(16)17/h2-5H,6-7H2,1H3,(H,16,17).